The van der Waals surface area contributed by atoms with E-state index in [9.17, 15) is 9.59 Å². The van der Waals surface area contributed by atoms with Gasteiger partial charge in [-0.25, -0.2) is 9.79 Å². The predicted octanol–water partition coefficient (Wildman–Crippen LogP) is 5.06. The van der Waals surface area contributed by atoms with Gasteiger partial charge in [0.05, 0.1) is 38.0 Å². The number of thioether (sulfide) groups is 1. The van der Waals surface area contributed by atoms with Crippen LogP contribution in [0.3, 0.4) is 0 Å². The molecule has 0 fully saturated rings. The third-order valence-electron chi connectivity index (χ3n) is 6.26. The summed E-state index contributed by atoms with van der Waals surface area (Å²) in [6.07, 6.45) is 1.66. The van der Waals surface area contributed by atoms with Crippen molar-refractivity contribution in [1.29, 1.82) is 0 Å². The van der Waals surface area contributed by atoms with Gasteiger partial charge in [0.2, 0.25) is 5.91 Å². The van der Waals surface area contributed by atoms with E-state index in [-0.39, 0.29) is 18.9 Å². The highest BCUT2D eigenvalue weighted by Gasteiger charge is 2.41. The Morgan fingerprint density at radius 1 is 1.13 bits per heavy atom. The topological polar surface area (TPSA) is 80.7 Å². The minimum Gasteiger partial charge on any atom is -0.497 e. The second kappa shape index (κ2) is 12.0. The Labute approximate surface area is 227 Å². The van der Waals surface area contributed by atoms with Crippen molar-refractivity contribution in [1.82, 2.24) is 9.80 Å². The number of amides is 1. The molecule has 2 aliphatic rings. The van der Waals surface area contributed by atoms with Crippen molar-refractivity contribution in [3.05, 3.63) is 94.7 Å². The maximum atomic E-state index is 13.3. The number of methoxy groups -OCH3 is 2. The lowest BCUT2D eigenvalue weighted by atomic mass is 9.93. The lowest BCUT2D eigenvalue weighted by Crippen LogP contribution is -2.38. The van der Waals surface area contributed by atoms with Gasteiger partial charge < -0.3 is 24.0 Å². The number of amidine groups is 1. The molecule has 0 unspecified atom stereocenters. The van der Waals surface area contributed by atoms with Crippen LogP contribution in [0.1, 0.15) is 30.5 Å². The predicted molar refractivity (Wildman–Crippen MR) is 149 cm³/mol. The van der Waals surface area contributed by atoms with Gasteiger partial charge in [-0.1, -0.05) is 54.7 Å². The highest BCUT2D eigenvalue weighted by molar-refractivity contribution is 8.16. The number of allylic oxidation sites excluding steroid dienone is 1. The van der Waals surface area contributed by atoms with Crippen molar-refractivity contribution in [3.8, 4) is 11.5 Å². The molecule has 0 bridgehead atoms. The zero-order valence-electron chi connectivity index (χ0n) is 22.0. The van der Waals surface area contributed by atoms with Gasteiger partial charge in [0.15, 0.2) is 5.17 Å². The second-order valence-corrected chi connectivity index (χ2v) is 9.67. The zero-order chi connectivity index (χ0) is 27.2. The van der Waals surface area contributed by atoms with E-state index in [0.29, 0.717) is 34.5 Å². The maximum absolute atomic E-state index is 13.3. The Bertz CT molecular complexity index is 1300. The number of esters is 1. The number of rotatable bonds is 10. The SMILES string of the molecule is C=CCOC(=O)C1=C(C)N=C2SC=C(CC(=O)N(C)Cc3ccccc3)N2[C@H]1c1cc(OC)cc(OC)c1. The monoisotopic (exact) mass is 533 g/mol. The van der Waals surface area contributed by atoms with Gasteiger partial charge in [-0.3, -0.25) is 4.79 Å². The average Bonchev–Trinajstić information content (AvgIpc) is 3.32. The smallest absolute Gasteiger partial charge is 0.338 e. The molecule has 2 aromatic carbocycles. The molecule has 38 heavy (non-hydrogen) atoms. The van der Waals surface area contributed by atoms with E-state index in [1.54, 1.807) is 39.2 Å². The number of fused-ring (bicyclic) bond motifs is 1. The van der Waals surface area contributed by atoms with Crippen LogP contribution < -0.4 is 9.47 Å². The lowest BCUT2D eigenvalue weighted by Gasteiger charge is -2.36. The van der Waals surface area contributed by atoms with Crippen molar-refractivity contribution < 1.29 is 23.8 Å². The van der Waals surface area contributed by atoms with Gasteiger partial charge in [0.1, 0.15) is 18.1 Å². The number of aliphatic imine (C=N–C) groups is 1. The van der Waals surface area contributed by atoms with Crippen LogP contribution in [0.4, 0.5) is 0 Å². The molecule has 0 aromatic heterocycles. The normalized spacial score (nSPS) is 16.3. The first-order valence-electron chi connectivity index (χ1n) is 12.1. The van der Waals surface area contributed by atoms with Crippen LogP contribution in [-0.2, 0) is 20.9 Å². The molecular weight excluding hydrogens is 502 g/mol. The first kappa shape index (κ1) is 27.1. The lowest BCUT2D eigenvalue weighted by molar-refractivity contribution is -0.138. The third-order valence-corrected chi connectivity index (χ3v) is 7.15. The van der Waals surface area contributed by atoms with Gasteiger partial charge in [0.25, 0.3) is 0 Å². The van der Waals surface area contributed by atoms with Crippen molar-refractivity contribution in [2.75, 3.05) is 27.9 Å². The summed E-state index contributed by atoms with van der Waals surface area (Å²) in [7, 11) is 4.94. The number of hydrogen-bond donors (Lipinski definition) is 0. The van der Waals surface area contributed by atoms with Gasteiger partial charge in [-0.15, -0.1) is 0 Å². The Hall–Kier alpha value is -3.98. The van der Waals surface area contributed by atoms with Crippen LogP contribution in [0.5, 0.6) is 11.5 Å². The van der Waals surface area contributed by atoms with Crippen LogP contribution >= 0.6 is 11.8 Å². The van der Waals surface area contributed by atoms with Crippen molar-refractivity contribution >= 4 is 28.8 Å². The van der Waals surface area contributed by atoms with Crippen LogP contribution in [0, 0.1) is 0 Å². The summed E-state index contributed by atoms with van der Waals surface area (Å²) in [5.74, 6) is 0.610. The molecule has 0 radical (unpaired) electrons. The Morgan fingerprint density at radius 2 is 1.82 bits per heavy atom. The number of benzene rings is 2. The fraction of sp³-hybridized carbons (Fsp3) is 0.276. The van der Waals surface area contributed by atoms with Gasteiger partial charge in [0, 0.05) is 25.4 Å². The molecule has 1 amide bonds. The van der Waals surface area contributed by atoms with Crippen LogP contribution in [0.2, 0.25) is 0 Å². The van der Waals surface area contributed by atoms with E-state index in [2.05, 4.69) is 6.58 Å². The van der Waals surface area contributed by atoms with Gasteiger partial charge in [-0.2, -0.15) is 0 Å². The summed E-state index contributed by atoms with van der Waals surface area (Å²) in [6.45, 7) is 6.00. The minimum atomic E-state index is -0.600. The van der Waals surface area contributed by atoms with Gasteiger partial charge in [-0.05, 0) is 35.6 Å². The summed E-state index contributed by atoms with van der Waals surface area (Å²) in [4.78, 5) is 34.9. The fourth-order valence-corrected chi connectivity index (χ4v) is 5.35. The van der Waals surface area contributed by atoms with Crippen LogP contribution in [0.25, 0.3) is 0 Å². The molecule has 2 aromatic rings. The van der Waals surface area contributed by atoms with E-state index in [1.165, 1.54) is 17.8 Å². The largest absolute Gasteiger partial charge is 0.497 e. The summed E-state index contributed by atoms with van der Waals surface area (Å²) in [5, 5.41) is 2.60. The van der Waals surface area contributed by atoms with Crippen molar-refractivity contribution in [3.63, 3.8) is 0 Å². The molecule has 0 N–H and O–H groups in total. The van der Waals surface area contributed by atoms with E-state index in [0.717, 1.165) is 16.8 Å². The van der Waals surface area contributed by atoms with E-state index in [4.69, 9.17) is 19.2 Å². The Kier molecular flexibility index (Phi) is 8.58. The van der Waals surface area contributed by atoms with Crippen LogP contribution in [-0.4, -0.2) is 54.7 Å². The summed E-state index contributed by atoms with van der Waals surface area (Å²) < 4.78 is 16.5. The molecule has 0 aliphatic carbocycles. The Balaban J connectivity index is 1.70. The Morgan fingerprint density at radius 3 is 2.45 bits per heavy atom. The number of hydrogen-bond acceptors (Lipinski definition) is 8. The molecule has 9 heteroatoms. The highest BCUT2D eigenvalue weighted by Crippen LogP contribution is 2.46. The summed E-state index contributed by atoms with van der Waals surface area (Å²) in [6, 6.07) is 14.7. The van der Waals surface area contributed by atoms with Crippen molar-refractivity contribution in [2.24, 2.45) is 4.99 Å². The molecular formula is C29H31N3O5S. The maximum Gasteiger partial charge on any atom is 0.338 e. The first-order chi connectivity index (χ1) is 18.4. The van der Waals surface area contributed by atoms with Crippen molar-refractivity contribution in [2.45, 2.75) is 25.9 Å². The standard InChI is InChI=1S/C29H31N3O5S/c1-6-12-37-28(34)26-19(2)30-29-32(27(26)21-13-23(35-4)16-24(14-21)36-5)22(18-38-29)15-25(33)31(3)17-20-10-8-7-9-11-20/h6-11,13-14,16,18,27H,1,12,15,17H2,2-5H3/t27-/m0/s1. The number of ether oxygens (including phenoxy) is 3. The fourth-order valence-electron chi connectivity index (χ4n) is 4.38. The third kappa shape index (κ3) is 5.78. The number of carbonyl (C=O) groups excluding carboxylic acids is 2. The molecule has 198 valence electrons. The summed E-state index contributed by atoms with van der Waals surface area (Å²) >= 11 is 1.42. The van der Waals surface area contributed by atoms with E-state index >= 15 is 0 Å². The van der Waals surface area contributed by atoms with E-state index < -0.39 is 12.0 Å². The quantitative estimate of drug-likeness (QED) is 0.312. The minimum absolute atomic E-state index is 0.0500. The number of carbonyl (C=O) groups is 2. The molecule has 0 saturated heterocycles. The van der Waals surface area contributed by atoms with Crippen LogP contribution in [0.15, 0.2) is 88.6 Å². The molecule has 8 nitrogen and oxygen atoms in total. The van der Waals surface area contributed by atoms with Gasteiger partial charge >= 0.3 is 5.97 Å². The molecule has 4 rings (SSSR count). The average molecular weight is 534 g/mol. The molecule has 2 heterocycles. The zero-order valence-corrected chi connectivity index (χ0v) is 22.8. The molecule has 0 saturated carbocycles. The molecule has 1 atom stereocenters. The number of nitrogens with zero attached hydrogens (tertiary/aromatic N) is 3. The summed E-state index contributed by atoms with van der Waals surface area (Å²) in [5.41, 5.74) is 3.46. The van der Waals surface area contributed by atoms with E-state index in [1.807, 2.05) is 52.8 Å². The molecule has 2 aliphatic heterocycles. The first-order valence-corrected chi connectivity index (χ1v) is 13.0. The second-order valence-electron chi connectivity index (χ2n) is 8.84. The molecule has 0 spiro atoms. The highest BCUT2D eigenvalue weighted by atomic mass is 32.2.